The molecule has 0 aliphatic heterocycles. The molecule has 0 unspecified atom stereocenters. The molecule has 0 bridgehead atoms. The van der Waals surface area contributed by atoms with Gasteiger partial charge in [0.25, 0.3) is 0 Å². The monoisotopic (exact) mass is 159 g/mol. The average Bonchev–Trinajstić information content (AvgIpc) is 1.90. The van der Waals surface area contributed by atoms with Gasteiger partial charge in [-0.05, 0) is 33.2 Å². The van der Waals surface area contributed by atoms with Crippen LogP contribution in [0, 0.1) is 5.92 Å². The van der Waals surface area contributed by atoms with Crippen LogP contribution in [-0.4, -0.2) is 12.6 Å². The largest absolute Gasteiger partial charge is 0.315 e. The first kappa shape index (κ1) is 13.5. The van der Waals surface area contributed by atoms with Crippen LogP contribution in [0.4, 0.5) is 0 Å². The molecular weight excluding hydrogens is 134 g/mol. The summed E-state index contributed by atoms with van der Waals surface area (Å²) in [4.78, 5) is 0. The Labute approximate surface area is 72.6 Å². The minimum absolute atomic E-state index is 0.314. The molecule has 0 amide bonds. The number of hydrogen-bond acceptors (Lipinski definition) is 1. The lowest BCUT2D eigenvalue weighted by Crippen LogP contribution is -2.37. The zero-order valence-corrected chi connectivity index (χ0v) is 9.28. The highest BCUT2D eigenvalue weighted by Crippen LogP contribution is 2.13. The second-order valence-electron chi connectivity index (χ2n) is 3.73. The molecule has 0 spiro atoms. The van der Waals surface area contributed by atoms with Gasteiger partial charge in [-0.2, -0.15) is 0 Å². The summed E-state index contributed by atoms with van der Waals surface area (Å²) < 4.78 is 0. The van der Waals surface area contributed by atoms with E-state index in [0.717, 1.165) is 5.92 Å². The lowest BCUT2D eigenvalue weighted by molar-refractivity contribution is 0.340. The molecular formula is C10H25N. The maximum Gasteiger partial charge on any atom is 0.0124 e. The van der Waals surface area contributed by atoms with E-state index in [-0.39, 0.29) is 0 Å². The van der Waals surface area contributed by atoms with Crippen LogP contribution in [0.2, 0.25) is 0 Å². The van der Waals surface area contributed by atoms with Gasteiger partial charge in [-0.1, -0.05) is 27.7 Å². The predicted octanol–water partition coefficient (Wildman–Crippen LogP) is 3.06. The van der Waals surface area contributed by atoms with Gasteiger partial charge in [0, 0.05) is 5.54 Å². The highest BCUT2D eigenvalue weighted by Gasteiger charge is 2.15. The van der Waals surface area contributed by atoms with Crippen molar-refractivity contribution >= 4 is 0 Å². The van der Waals surface area contributed by atoms with Gasteiger partial charge in [0.1, 0.15) is 0 Å². The van der Waals surface area contributed by atoms with Gasteiger partial charge in [-0.25, -0.2) is 0 Å². The van der Waals surface area contributed by atoms with Crippen molar-refractivity contribution in [3.05, 3.63) is 0 Å². The van der Waals surface area contributed by atoms with Gasteiger partial charge in [-0.15, -0.1) is 0 Å². The maximum atomic E-state index is 3.27. The van der Waals surface area contributed by atoms with Crippen molar-refractivity contribution in [3.63, 3.8) is 0 Å². The Bertz CT molecular complexity index is 74.9. The Morgan fingerprint density at radius 3 is 1.64 bits per heavy atom. The van der Waals surface area contributed by atoms with Crippen LogP contribution < -0.4 is 5.32 Å². The number of nitrogens with one attached hydrogen (secondary N) is 1. The topological polar surface area (TPSA) is 12.0 Å². The average molecular weight is 159 g/mol. The van der Waals surface area contributed by atoms with Gasteiger partial charge in [-0.3, -0.25) is 0 Å². The third-order valence-corrected chi connectivity index (χ3v) is 1.60. The molecule has 0 saturated carbocycles. The molecule has 0 fully saturated rings. The summed E-state index contributed by atoms with van der Waals surface area (Å²) in [5.41, 5.74) is 0.314. The van der Waals surface area contributed by atoms with E-state index in [9.17, 15) is 0 Å². The second kappa shape index (κ2) is 6.66. The molecule has 0 saturated heterocycles. The maximum absolute atomic E-state index is 3.27. The van der Waals surface area contributed by atoms with Crippen molar-refractivity contribution < 1.29 is 0 Å². The van der Waals surface area contributed by atoms with E-state index in [0.29, 0.717) is 5.54 Å². The van der Waals surface area contributed by atoms with Crippen molar-refractivity contribution in [2.75, 3.05) is 7.05 Å². The summed E-state index contributed by atoms with van der Waals surface area (Å²) in [5.74, 6) is 0.785. The number of rotatable bonds is 3. The van der Waals surface area contributed by atoms with Crippen LogP contribution in [0.5, 0.6) is 0 Å². The van der Waals surface area contributed by atoms with Crippen molar-refractivity contribution in [3.8, 4) is 0 Å². The Morgan fingerprint density at radius 2 is 1.55 bits per heavy atom. The summed E-state index contributed by atoms with van der Waals surface area (Å²) in [7, 11) is 2.02. The first-order chi connectivity index (χ1) is 4.98. The minimum atomic E-state index is 0.314. The fraction of sp³-hybridized carbons (Fsp3) is 1.00. The molecule has 0 aliphatic rings. The van der Waals surface area contributed by atoms with Gasteiger partial charge >= 0.3 is 0 Å². The molecule has 1 heteroatoms. The fourth-order valence-electron chi connectivity index (χ4n) is 1.12. The first-order valence-electron chi connectivity index (χ1n) is 4.67. The van der Waals surface area contributed by atoms with Gasteiger partial charge in [0.05, 0.1) is 0 Å². The zero-order valence-electron chi connectivity index (χ0n) is 9.28. The Kier molecular flexibility index (Phi) is 8.20. The summed E-state index contributed by atoms with van der Waals surface area (Å²) >= 11 is 0. The van der Waals surface area contributed by atoms with Crippen molar-refractivity contribution in [1.82, 2.24) is 5.32 Å². The first-order valence-corrected chi connectivity index (χ1v) is 4.67. The van der Waals surface area contributed by atoms with E-state index in [1.807, 2.05) is 20.9 Å². The Morgan fingerprint density at radius 1 is 1.18 bits per heavy atom. The van der Waals surface area contributed by atoms with Gasteiger partial charge in [0.2, 0.25) is 0 Å². The van der Waals surface area contributed by atoms with Gasteiger partial charge in [0.15, 0.2) is 0 Å². The minimum Gasteiger partial charge on any atom is -0.315 e. The van der Waals surface area contributed by atoms with E-state index in [2.05, 4.69) is 33.0 Å². The lowest BCUT2D eigenvalue weighted by Gasteiger charge is -2.25. The highest BCUT2D eigenvalue weighted by atomic mass is 14.9. The summed E-state index contributed by atoms with van der Waals surface area (Å²) in [5, 5.41) is 3.27. The number of hydrogen-bond donors (Lipinski definition) is 1. The Hall–Kier alpha value is -0.0400. The zero-order chi connectivity index (χ0) is 9.49. The molecule has 0 aromatic rings. The molecule has 0 aliphatic carbocycles. The lowest BCUT2D eigenvalue weighted by atomic mass is 9.93. The fourth-order valence-corrected chi connectivity index (χ4v) is 1.12. The summed E-state index contributed by atoms with van der Waals surface area (Å²) in [6.07, 6.45) is 1.24. The van der Waals surface area contributed by atoms with Crippen LogP contribution in [0.3, 0.4) is 0 Å². The van der Waals surface area contributed by atoms with Crippen LogP contribution in [0.15, 0.2) is 0 Å². The third-order valence-electron chi connectivity index (χ3n) is 1.60. The van der Waals surface area contributed by atoms with E-state index in [1.54, 1.807) is 0 Å². The standard InChI is InChI=1S/C8H19N.C2H6/c1-7(2)6-8(3,4)9-5;1-2/h7,9H,6H2,1-5H3;1-2H3. The van der Waals surface area contributed by atoms with E-state index in [4.69, 9.17) is 0 Å². The molecule has 0 aromatic carbocycles. The molecule has 11 heavy (non-hydrogen) atoms. The predicted molar refractivity (Wildman–Crippen MR) is 53.9 cm³/mol. The van der Waals surface area contributed by atoms with E-state index < -0.39 is 0 Å². The third kappa shape index (κ3) is 9.96. The summed E-state index contributed by atoms with van der Waals surface area (Å²) in [6, 6.07) is 0. The smallest absolute Gasteiger partial charge is 0.0124 e. The molecule has 0 atom stereocenters. The molecule has 1 N–H and O–H groups in total. The van der Waals surface area contributed by atoms with Crippen LogP contribution in [0.25, 0.3) is 0 Å². The molecule has 0 rings (SSSR count). The van der Waals surface area contributed by atoms with Crippen LogP contribution in [0.1, 0.15) is 48.0 Å². The van der Waals surface area contributed by atoms with Crippen molar-refractivity contribution in [2.45, 2.75) is 53.5 Å². The van der Waals surface area contributed by atoms with Gasteiger partial charge < -0.3 is 5.32 Å². The molecule has 0 radical (unpaired) electrons. The van der Waals surface area contributed by atoms with Crippen molar-refractivity contribution in [2.24, 2.45) is 5.92 Å². The molecule has 0 heterocycles. The SMILES string of the molecule is CC.CNC(C)(C)CC(C)C. The molecule has 0 aromatic heterocycles. The quantitative estimate of drug-likeness (QED) is 0.667. The summed E-state index contributed by atoms with van der Waals surface area (Å²) in [6.45, 7) is 13.0. The Balaban J connectivity index is 0. The van der Waals surface area contributed by atoms with Crippen molar-refractivity contribution in [1.29, 1.82) is 0 Å². The normalized spacial score (nSPS) is 10.9. The van der Waals surface area contributed by atoms with E-state index in [1.165, 1.54) is 6.42 Å². The van der Waals surface area contributed by atoms with Crippen LogP contribution >= 0.6 is 0 Å². The second-order valence-corrected chi connectivity index (χ2v) is 3.73. The highest BCUT2D eigenvalue weighted by molar-refractivity contribution is 4.75. The van der Waals surface area contributed by atoms with Crippen LogP contribution in [-0.2, 0) is 0 Å². The van der Waals surface area contributed by atoms with E-state index >= 15 is 0 Å². The molecule has 1 nitrogen and oxygen atoms in total. The molecule has 70 valence electrons.